The monoisotopic (exact) mass is 370 g/mol. The van der Waals surface area contributed by atoms with Gasteiger partial charge in [-0.25, -0.2) is 13.6 Å². The van der Waals surface area contributed by atoms with Crippen LogP contribution in [0.25, 0.3) is 0 Å². The number of nitrogens with two attached hydrogens (primary N) is 1. The molecule has 0 radical (unpaired) electrons. The molecule has 0 aliphatic carbocycles. The summed E-state index contributed by atoms with van der Waals surface area (Å²) in [7, 11) is -3.96. The first-order chi connectivity index (χ1) is 11.6. The number of alkyl halides is 2. The van der Waals surface area contributed by atoms with Crippen molar-refractivity contribution in [3.05, 3.63) is 53.1 Å². The lowest BCUT2D eigenvalue weighted by Crippen LogP contribution is -2.17. The third-order valence-corrected chi connectivity index (χ3v) is 4.44. The van der Waals surface area contributed by atoms with Gasteiger partial charge >= 0.3 is 6.61 Å². The SMILES string of the molecule is Cc1ccc(S(N)(=O)=O)cc1C(=O)Nc1cccc(OC(F)F)c1C. The van der Waals surface area contributed by atoms with Crippen molar-refractivity contribution in [1.82, 2.24) is 0 Å². The Morgan fingerprint density at radius 2 is 1.88 bits per heavy atom. The molecule has 25 heavy (non-hydrogen) atoms. The van der Waals surface area contributed by atoms with Crippen LogP contribution in [0.4, 0.5) is 14.5 Å². The number of halogens is 2. The molecule has 6 nitrogen and oxygen atoms in total. The van der Waals surface area contributed by atoms with Gasteiger partial charge in [-0.2, -0.15) is 8.78 Å². The molecule has 9 heteroatoms. The summed E-state index contributed by atoms with van der Waals surface area (Å²) in [6, 6.07) is 8.23. The van der Waals surface area contributed by atoms with E-state index in [-0.39, 0.29) is 21.9 Å². The van der Waals surface area contributed by atoms with Gasteiger partial charge in [0.2, 0.25) is 10.0 Å². The number of carbonyl (C=O) groups excluding carboxylic acids is 1. The number of sulfonamides is 1. The van der Waals surface area contributed by atoms with Crippen LogP contribution in [0.5, 0.6) is 5.75 Å². The molecule has 0 bridgehead atoms. The van der Waals surface area contributed by atoms with Gasteiger partial charge in [0.05, 0.1) is 4.90 Å². The lowest BCUT2D eigenvalue weighted by atomic mass is 10.1. The highest BCUT2D eigenvalue weighted by Crippen LogP contribution is 2.27. The normalized spacial score (nSPS) is 11.4. The molecule has 2 aromatic carbocycles. The number of benzene rings is 2. The minimum Gasteiger partial charge on any atom is -0.434 e. The molecule has 0 saturated carbocycles. The second kappa shape index (κ2) is 7.16. The van der Waals surface area contributed by atoms with Crippen LogP contribution in [0.2, 0.25) is 0 Å². The van der Waals surface area contributed by atoms with Gasteiger partial charge in [0.25, 0.3) is 5.91 Å². The molecule has 0 spiro atoms. The van der Waals surface area contributed by atoms with E-state index in [1.54, 1.807) is 6.92 Å². The van der Waals surface area contributed by atoms with E-state index < -0.39 is 22.5 Å². The highest BCUT2D eigenvalue weighted by molar-refractivity contribution is 7.89. The zero-order valence-corrected chi connectivity index (χ0v) is 14.2. The summed E-state index contributed by atoms with van der Waals surface area (Å²) < 4.78 is 52.0. The summed E-state index contributed by atoms with van der Waals surface area (Å²) in [6.45, 7) is 0.157. The van der Waals surface area contributed by atoms with Crippen LogP contribution < -0.4 is 15.2 Å². The van der Waals surface area contributed by atoms with Crippen LogP contribution >= 0.6 is 0 Å². The number of ether oxygens (including phenoxy) is 1. The van der Waals surface area contributed by atoms with Gasteiger partial charge < -0.3 is 10.1 Å². The largest absolute Gasteiger partial charge is 0.434 e. The summed E-state index contributed by atoms with van der Waals surface area (Å²) >= 11 is 0. The Morgan fingerprint density at radius 3 is 2.48 bits per heavy atom. The summed E-state index contributed by atoms with van der Waals surface area (Å²) in [5, 5.41) is 7.63. The maximum atomic E-state index is 12.5. The van der Waals surface area contributed by atoms with Gasteiger partial charge in [0.15, 0.2) is 0 Å². The second-order valence-electron chi connectivity index (χ2n) is 5.28. The average Bonchev–Trinajstić information content (AvgIpc) is 2.50. The highest BCUT2D eigenvalue weighted by atomic mass is 32.2. The maximum absolute atomic E-state index is 12.5. The molecule has 0 aliphatic rings. The Hall–Kier alpha value is -2.52. The van der Waals surface area contributed by atoms with Gasteiger partial charge in [-0.05, 0) is 43.7 Å². The van der Waals surface area contributed by atoms with E-state index in [0.717, 1.165) is 6.07 Å². The standard InChI is InChI=1S/C16H16F2N2O4S/c1-9-6-7-11(25(19,22)23)8-12(9)15(21)20-13-4-3-5-14(10(13)2)24-16(17)18/h3-8,16H,1-2H3,(H,20,21)(H2,19,22,23). The minimum absolute atomic E-state index is 0.0668. The van der Waals surface area contributed by atoms with E-state index in [0.29, 0.717) is 11.1 Å². The molecular formula is C16H16F2N2O4S. The highest BCUT2D eigenvalue weighted by Gasteiger charge is 2.17. The van der Waals surface area contributed by atoms with E-state index in [9.17, 15) is 22.0 Å². The van der Waals surface area contributed by atoms with Crippen molar-refractivity contribution in [2.24, 2.45) is 5.14 Å². The van der Waals surface area contributed by atoms with Gasteiger partial charge in [-0.1, -0.05) is 12.1 Å². The van der Waals surface area contributed by atoms with Crippen LogP contribution in [-0.4, -0.2) is 20.9 Å². The second-order valence-corrected chi connectivity index (χ2v) is 6.84. The predicted molar refractivity (Wildman–Crippen MR) is 88.3 cm³/mol. The zero-order valence-electron chi connectivity index (χ0n) is 13.4. The van der Waals surface area contributed by atoms with Crippen molar-refractivity contribution in [3.63, 3.8) is 0 Å². The smallest absolute Gasteiger partial charge is 0.387 e. The number of hydrogen-bond donors (Lipinski definition) is 2. The first kappa shape index (κ1) is 18.8. The molecule has 0 unspecified atom stereocenters. The van der Waals surface area contributed by atoms with Crippen molar-refractivity contribution in [2.45, 2.75) is 25.4 Å². The van der Waals surface area contributed by atoms with Crippen LogP contribution in [0, 0.1) is 13.8 Å². The zero-order chi connectivity index (χ0) is 18.8. The van der Waals surface area contributed by atoms with Crippen LogP contribution in [0.3, 0.4) is 0 Å². The van der Waals surface area contributed by atoms with Crippen LogP contribution in [-0.2, 0) is 10.0 Å². The van der Waals surface area contributed by atoms with Crippen molar-refractivity contribution < 1.29 is 26.7 Å². The summed E-state index contributed by atoms with van der Waals surface area (Å²) in [5.41, 5.74) is 1.22. The molecule has 0 aromatic heterocycles. The summed E-state index contributed by atoms with van der Waals surface area (Å²) in [4.78, 5) is 12.3. The molecule has 0 fully saturated rings. The van der Waals surface area contributed by atoms with Crippen molar-refractivity contribution in [2.75, 3.05) is 5.32 Å². The molecule has 3 N–H and O–H groups in total. The quantitative estimate of drug-likeness (QED) is 0.845. The van der Waals surface area contributed by atoms with Crippen molar-refractivity contribution >= 4 is 21.6 Å². The molecule has 0 aliphatic heterocycles. The third-order valence-electron chi connectivity index (χ3n) is 3.53. The molecule has 2 aromatic rings. The molecule has 2 rings (SSSR count). The van der Waals surface area contributed by atoms with E-state index in [2.05, 4.69) is 10.1 Å². The minimum atomic E-state index is -3.96. The first-order valence-corrected chi connectivity index (χ1v) is 8.63. The molecule has 0 atom stereocenters. The number of primary sulfonamides is 1. The van der Waals surface area contributed by atoms with Gasteiger partial charge in [0, 0.05) is 16.8 Å². The first-order valence-electron chi connectivity index (χ1n) is 7.09. The van der Waals surface area contributed by atoms with Gasteiger partial charge in [-0.3, -0.25) is 4.79 Å². The Labute approximate surface area is 143 Å². The Bertz CT molecular complexity index is 914. The van der Waals surface area contributed by atoms with E-state index >= 15 is 0 Å². The number of amides is 1. The van der Waals surface area contributed by atoms with E-state index in [4.69, 9.17) is 5.14 Å². The fraction of sp³-hybridized carbons (Fsp3) is 0.188. The maximum Gasteiger partial charge on any atom is 0.387 e. The number of rotatable bonds is 5. The predicted octanol–water partition coefficient (Wildman–Crippen LogP) is 2.80. The lowest BCUT2D eigenvalue weighted by molar-refractivity contribution is -0.0502. The number of carbonyl (C=O) groups is 1. The van der Waals surface area contributed by atoms with Crippen LogP contribution in [0.1, 0.15) is 21.5 Å². The fourth-order valence-electron chi connectivity index (χ4n) is 2.19. The van der Waals surface area contributed by atoms with Crippen molar-refractivity contribution in [1.29, 1.82) is 0 Å². The number of aryl methyl sites for hydroxylation is 1. The molecule has 0 saturated heterocycles. The van der Waals surface area contributed by atoms with Gasteiger partial charge in [0.1, 0.15) is 5.75 Å². The third kappa shape index (κ3) is 4.52. The van der Waals surface area contributed by atoms with Gasteiger partial charge in [-0.15, -0.1) is 0 Å². The Kier molecular flexibility index (Phi) is 5.39. The number of nitrogens with one attached hydrogen (secondary N) is 1. The molecule has 134 valence electrons. The summed E-state index contributed by atoms with van der Waals surface area (Å²) in [5.74, 6) is -0.664. The molecule has 0 heterocycles. The van der Waals surface area contributed by atoms with Crippen LogP contribution in [0.15, 0.2) is 41.3 Å². The lowest BCUT2D eigenvalue weighted by Gasteiger charge is -2.14. The molecular weight excluding hydrogens is 354 g/mol. The van der Waals surface area contributed by atoms with E-state index in [1.807, 2.05) is 0 Å². The summed E-state index contributed by atoms with van der Waals surface area (Å²) in [6.07, 6.45) is 0. The number of anilines is 1. The Morgan fingerprint density at radius 1 is 1.20 bits per heavy atom. The molecule has 1 amide bonds. The van der Waals surface area contributed by atoms with Crippen molar-refractivity contribution in [3.8, 4) is 5.75 Å². The average molecular weight is 370 g/mol. The topological polar surface area (TPSA) is 98.5 Å². The fourth-order valence-corrected chi connectivity index (χ4v) is 2.73. The Balaban J connectivity index is 2.35. The number of hydrogen-bond acceptors (Lipinski definition) is 4. The van der Waals surface area contributed by atoms with E-state index in [1.165, 1.54) is 37.3 Å².